The minimum Gasteiger partial charge on any atom is -0.490 e. The summed E-state index contributed by atoms with van der Waals surface area (Å²) in [5, 5.41) is 1.55. The van der Waals surface area contributed by atoms with E-state index in [2.05, 4.69) is 4.98 Å². The zero-order chi connectivity index (χ0) is 16.1. The van der Waals surface area contributed by atoms with Crippen LogP contribution >= 0.6 is 11.6 Å². The van der Waals surface area contributed by atoms with Crippen molar-refractivity contribution in [2.45, 2.75) is 0 Å². The average Bonchev–Trinajstić information content (AvgIpc) is 2.59. The van der Waals surface area contributed by atoms with Crippen LogP contribution in [-0.4, -0.2) is 24.2 Å². The van der Waals surface area contributed by atoms with Gasteiger partial charge in [-0.25, -0.2) is 4.79 Å². The molecular formula is C18H14ClNO3. The molecule has 0 spiro atoms. The van der Waals surface area contributed by atoms with Crippen LogP contribution in [0.25, 0.3) is 10.9 Å². The normalized spacial score (nSPS) is 10.5. The maximum Gasteiger partial charge on any atom is 0.340 e. The number of fused-ring (bicyclic) bond motifs is 1. The first kappa shape index (κ1) is 15.3. The standard InChI is InChI=1S/C18H14ClNO3/c19-14-6-8-15(9-7-14)22-11-12-23-18(21)16-5-1-3-13-4-2-10-20-17(13)16/h1-10H,11-12H2. The lowest BCUT2D eigenvalue weighted by atomic mass is 10.1. The van der Waals surface area contributed by atoms with Crippen molar-refractivity contribution < 1.29 is 14.3 Å². The monoisotopic (exact) mass is 327 g/mol. The number of rotatable bonds is 5. The van der Waals surface area contributed by atoms with Crippen LogP contribution in [0.2, 0.25) is 5.02 Å². The quantitative estimate of drug-likeness (QED) is 0.522. The molecule has 0 saturated carbocycles. The largest absolute Gasteiger partial charge is 0.490 e. The Bertz CT molecular complexity index is 813. The third-order valence-corrected chi connectivity index (χ3v) is 3.50. The SMILES string of the molecule is O=C(OCCOc1ccc(Cl)cc1)c1cccc2cccnc12. The Balaban J connectivity index is 1.57. The lowest BCUT2D eigenvalue weighted by molar-refractivity contribution is 0.0452. The van der Waals surface area contributed by atoms with Gasteiger partial charge in [-0.3, -0.25) is 4.98 Å². The van der Waals surface area contributed by atoms with E-state index in [1.807, 2.05) is 24.3 Å². The third-order valence-electron chi connectivity index (χ3n) is 3.25. The fraction of sp³-hybridized carbons (Fsp3) is 0.111. The molecule has 0 aliphatic heterocycles. The highest BCUT2D eigenvalue weighted by Crippen LogP contribution is 2.17. The Kier molecular flexibility index (Phi) is 4.74. The van der Waals surface area contributed by atoms with Crippen LogP contribution < -0.4 is 4.74 Å². The molecule has 0 aliphatic carbocycles. The molecule has 0 saturated heterocycles. The van der Waals surface area contributed by atoms with Crippen molar-refractivity contribution in [2.24, 2.45) is 0 Å². The smallest absolute Gasteiger partial charge is 0.340 e. The van der Waals surface area contributed by atoms with Crippen LogP contribution in [0.4, 0.5) is 0 Å². The van der Waals surface area contributed by atoms with Crippen molar-refractivity contribution in [1.29, 1.82) is 0 Å². The molecule has 1 aromatic heterocycles. The number of para-hydroxylation sites is 1. The van der Waals surface area contributed by atoms with Gasteiger partial charge in [-0.2, -0.15) is 0 Å². The zero-order valence-electron chi connectivity index (χ0n) is 12.2. The maximum atomic E-state index is 12.2. The minimum atomic E-state index is -0.408. The number of esters is 1. The molecule has 0 bridgehead atoms. The summed E-state index contributed by atoms with van der Waals surface area (Å²) in [6.07, 6.45) is 1.66. The van der Waals surface area contributed by atoms with E-state index in [0.717, 1.165) is 5.39 Å². The number of nitrogens with zero attached hydrogens (tertiary/aromatic N) is 1. The van der Waals surface area contributed by atoms with Gasteiger partial charge in [0.05, 0.1) is 11.1 Å². The van der Waals surface area contributed by atoms with Crippen molar-refractivity contribution in [3.63, 3.8) is 0 Å². The van der Waals surface area contributed by atoms with Crippen LogP contribution in [0.3, 0.4) is 0 Å². The van der Waals surface area contributed by atoms with Gasteiger partial charge in [0.15, 0.2) is 0 Å². The second-order valence-corrected chi connectivity index (χ2v) is 5.26. The van der Waals surface area contributed by atoms with E-state index in [0.29, 0.717) is 21.9 Å². The van der Waals surface area contributed by atoms with Crippen molar-refractivity contribution in [2.75, 3.05) is 13.2 Å². The number of aromatic nitrogens is 1. The first-order chi connectivity index (χ1) is 11.2. The summed E-state index contributed by atoms with van der Waals surface area (Å²) in [5.41, 5.74) is 1.09. The number of halogens is 1. The molecule has 0 unspecified atom stereocenters. The van der Waals surface area contributed by atoms with Gasteiger partial charge in [0.2, 0.25) is 0 Å². The van der Waals surface area contributed by atoms with Crippen LogP contribution in [0, 0.1) is 0 Å². The topological polar surface area (TPSA) is 48.4 Å². The second-order valence-electron chi connectivity index (χ2n) is 4.82. The lowest BCUT2D eigenvalue weighted by Crippen LogP contribution is -2.13. The van der Waals surface area contributed by atoms with E-state index in [-0.39, 0.29) is 13.2 Å². The average molecular weight is 328 g/mol. The zero-order valence-corrected chi connectivity index (χ0v) is 13.0. The van der Waals surface area contributed by atoms with Crippen LogP contribution in [0.1, 0.15) is 10.4 Å². The van der Waals surface area contributed by atoms with Gasteiger partial charge >= 0.3 is 5.97 Å². The van der Waals surface area contributed by atoms with Crippen molar-refractivity contribution in [3.8, 4) is 5.75 Å². The van der Waals surface area contributed by atoms with Gasteiger partial charge in [-0.15, -0.1) is 0 Å². The fourth-order valence-corrected chi connectivity index (χ4v) is 2.30. The Morgan fingerprint density at radius 2 is 1.78 bits per heavy atom. The lowest BCUT2D eigenvalue weighted by Gasteiger charge is -2.08. The van der Waals surface area contributed by atoms with Crippen LogP contribution in [0.15, 0.2) is 60.8 Å². The molecule has 116 valence electrons. The van der Waals surface area contributed by atoms with E-state index in [4.69, 9.17) is 21.1 Å². The van der Waals surface area contributed by atoms with Gasteiger partial charge in [0.25, 0.3) is 0 Å². The molecule has 0 radical (unpaired) electrons. The molecule has 5 heteroatoms. The third kappa shape index (κ3) is 3.79. The maximum absolute atomic E-state index is 12.2. The van der Waals surface area contributed by atoms with Crippen molar-refractivity contribution in [3.05, 3.63) is 71.4 Å². The van der Waals surface area contributed by atoms with Gasteiger partial charge in [0, 0.05) is 16.6 Å². The van der Waals surface area contributed by atoms with Gasteiger partial charge in [-0.05, 0) is 36.4 Å². The van der Waals surface area contributed by atoms with E-state index in [1.165, 1.54) is 0 Å². The van der Waals surface area contributed by atoms with Crippen LogP contribution in [-0.2, 0) is 4.74 Å². The highest BCUT2D eigenvalue weighted by molar-refractivity contribution is 6.30. The second kappa shape index (κ2) is 7.11. The highest BCUT2D eigenvalue weighted by atomic mass is 35.5. The van der Waals surface area contributed by atoms with Crippen molar-refractivity contribution in [1.82, 2.24) is 4.98 Å². The molecule has 0 amide bonds. The summed E-state index contributed by atoms with van der Waals surface area (Å²) in [4.78, 5) is 16.4. The van der Waals surface area contributed by atoms with Gasteiger partial charge in [0.1, 0.15) is 19.0 Å². The Hall–Kier alpha value is -2.59. The summed E-state index contributed by atoms with van der Waals surface area (Å²) in [5.74, 6) is 0.270. The molecule has 0 N–H and O–H groups in total. The Morgan fingerprint density at radius 1 is 1.00 bits per heavy atom. The molecule has 0 atom stereocenters. The summed E-state index contributed by atoms with van der Waals surface area (Å²) >= 11 is 5.80. The molecule has 23 heavy (non-hydrogen) atoms. The predicted octanol–water partition coefficient (Wildman–Crippen LogP) is 4.12. The van der Waals surface area contributed by atoms with Crippen molar-refractivity contribution >= 4 is 28.5 Å². The van der Waals surface area contributed by atoms with E-state index < -0.39 is 5.97 Å². The summed E-state index contributed by atoms with van der Waals surface area (Å²) in [6.45, 7) is 0.427. The molecule has 2 aromatic carbocycles. The summed E-state index contributed by atoms with van der Waals surface area (Å²) in [7, 11) is 0. The molecular weight excluding hydrogens is 314 g/mol. The molecule has 3 aromatic rings. The molecule has 1 heterocycles. The number of ether oxygens (including phenoxy) is 2. The first-order valence-corrected chi connectivity index (χ1v) is 7.51. The number of carbonyl (C=O) groups excluding carboxylic acids is 1. The van der Waals surface area contributed by atoms with Gasteiger partial charge < -0.3 is 9.47 Å². The first-order valence-electron chi connectivity index (χ1n) is 7.13. The minimum absolute atomic E-state index is 0.157. The number of benzene rings is 2. The summed E-state index contributed by atoms with van der Waals surface area (Å²) in [6, 6.07) is 16.2. The molecule has 4 nitrogen and oxygen atoms in total. The fourth-order valence-electron chi connectivity index (χ4n) is 2.17. The number of carbonyl (C=O) groups is 1. The Labute approximate surface area is 138 Å². The van der Waals surface area contributed by atoms with Crippen LogP contribution in [0.5, 0.6) is 5.75 Å². The van der Waals surface area contributed by atoms with Gasteiger partial charge in [-0.1, -0.05) is 29.8 Å². The number of hydrogen-bond donors (Lipinski definition) is 0. The highest BCUT2D eigenvalue weighted by Gasteiger charge is 2.12. The predicted molar refractivity (Wildman–Crippen MR) is 89.0 cm³/mol. The number of hydrogen-bond acceptors (Lipinski definition) is 4. The molecule has 0 aliphatic rings. The van der Waals surface area contributed by atoms with E-state index >= 15 is 0 Å². The summed E-state index contributed by atoms with van der Waals surface area (Å²) < 4.78 is 10.7. The molecule has 0 fully saturated rings. The number of pyridine rings is 1. The van der Waals surface area contributed by atoms with E-state index in [9.17, 15) is 4.79 Å². The Morgan fingerprint density at radius 3 is 2.61 bits per heavy atom. The van der Waals surface area contributed by atoms with E-state index in [1.54, 1.807) is 36.5 Å². The molecule has 3 rings (SSSR count).